The van der Waals surface area contributed by atoms with Crippen LogP contribution in [0.3, 0.4) is 0 Å². The first-order valence-electron chi connectivity index (χ1n) is 14.8. The Morgan fingerprint density at radius 2 is 1.50 bits per heavy atom. The average molecular weight is 595 g/mol. The maximum absolute atomic E-state index is 15.9. The summed E-state index contributed by atoms with van der Waals surface area (Å²) in [5.41, 5.74) is 2.58. The topological polar surface area (TPSA) is 69.3 Å². The van der Waals surface area contributed by atoms with E-state index in [0.717, 1.165) is 36.2 Å². The molecule has 0 spiro atoms. The maximum Gasteiger partial charge on any atom is 0.258 e. The van der Waals surface area contributed by atoms with Crippen molar-refractivity contribution in [1.82, 2.24) is 0 Å². The predicted octanol–water partition coefficient (Wildman–Crippen LogP) is 7.97. The Hall–Kier alpha value is -3.15. The lowest BCUT2D eigenvalue weighted by molar-refractivity contribution is 0.0488. The van der Waals surface area contributed by atoms with Crippen LogP contribution in [0.4, 0.5) is 11.4 Å². The van der Waals surface area contributed by atoms with E-state index in [9.17, 15) is 0 Å². The zero-order valence-electron chi connectivity index (χ0n) is 26.3. The van der Waals surface area contributed by atoms with Crippen LogP contribution in [0.25, 0.3) is 0 Å². The number of hydrogen-bond acceptors (Lipinski definition) is 7. The van der Waals surface area contributed by atoms with Crippen molar-refractivity contribution in [3.8, 4) is 17.2 Å². The summed E-state index contributed by atoms with van der Waals surface area (Å²) in [6.07, 6.45) is 2.94. The van der Waals surface area contributed by atoms with Crippen LogP contribution in [0.15, 0.2) is 66.7 Å². The van der Waals surface area contributed by atoms with E-state index in [4.69, 9.17) is 18.7 Å². The van der Waals surface area contributed by atoms with Gasteiger partial charge >= 0.3 is 0 Å². The molecule has 1 saturated carbocycles. The lowest BCUT2D eigenvalue weighted by atomic mass is 9.75. The third-order valence-electron chi connectivity index (χ3n) is 8.40. The largest absolute Gasteiger partial charge is 0.493 e. The van der Waals surface area contributed by atoms with Crippen molar-refractivity contribution in [2.45, 2.75) is 51.9 Å². The second kappa shape index (κ2) is 13.9. The maximum atomic E-state index is 15.9. The van der Waals surface area contributed by atoms with Crippen molar-refractivity contribution in [2.75, 3.05) is 45.6 Å². The highest BCUT2D eigenvalue weighted by atomic mass is 31.2. The Kier molecular flexibility index (Phi) is 10.5. The Morgan fingerprint density at radius 3 is 2.02 bits per heavy atom. The van der Waals surface area contributed by atoms with E-state index in [1.165, 1.54) is 0 Å². The minimum atomic E-state index is -3.66. The quantitative estimate of drug-likeness (QED) is 0.213. The van der Waals surface area contributed by atoms with Gasteiger partial charge in [0.15, 0.2) is 11.5 Å². The van der Waals surface area contributed by atoms with Crippen molar-refractivity contribution in [3.05, 3.63) is 72.3 Å². The second-order valence-corrected chi connectivity index (χ2v) is 14.3. The number of methoxy groups -OCH3 is 3. The fourth-order valence-corrected chi connectivity index (χ4v) is 8.59. The van der Waals surface area contributed by atoms with E-state index in [1.807, 2.05) is 85.7 Å². The van der Waals surface area contributed by atoms with Crippen LogP contribution in [0.5, 0.6) is 17.2 Å². The molecule has 0 saturated heterocycles. The molecule has 0 unspecified atom stereocenters. The van der Waals surface area contributed by atoms with Crippen LogP contribution >= 0.6 is 7.37 Å². The summed E-state index contributed by atoms with van der Waals surface area (Å²) in [6.45, 7) is 6.75. The molecular weight excluding hydrogens is 547 g/mol. The predicted molar refractivity (Wildman–Crippen MR) is 173 cm³/mol. The van der Waals surface area contributed by atoms with Crippen molar-refractivity contribution in [2.24, 2.45) is 17.8 Å². The third kappa shape index (κ3) is 6.90. The van der Waals surface area contributed by atoms with Gasteiger partial charge in [-0.05, 0) is 84.7 Å². The Bertz CT molecular complexity index is 1320. The minimum Gasteiger partial charge on any atom is -0.493 e. The molecule has 228 valence electrons. The van der Waals surface area contributed by atoms with Crippen LogP contribution in [-0.4, -0.2) is 41.5 Å². The smallest absolute Gasteiger partial charge is 0.258 e. The number of hydrogen-bond donors (Lipinski definition) is 1. The standard InChI is InChI=1S/C34H47N2O5P/c1-23(2)29-19-14-24(3)20-30(29)41-42(37,28-17-15-27(16-18-28)36(4)5)34(35-26-12-10-9-11-13-26)25-21-31(38-6)33(40-8)32(22-25)39-7/h9-13,15-18,21-24,29-30,34-35H,14,19-20H2,1-8H3/t24-,29-,30-,34-,42-/m1/s1. The Balaban J connectivity index is 1.95. The number of para-hydroxylation sites is 1. The summed E-state index contributed by atoms with van der Waals surface area (Å²) in [5, 5.41) is 4.27. The molecule has 7 nitrogen and oxygen atoms in total. The number of nitrogens with one attached hydrogen (secondary N) is 1. The van der Waals surface area contributed by atoms with Crippen molar-refractivity contribution >= 4 is 24.0 Å². The first-order valence-corrected chi connectivity index (χ1v) is 16.5. The first kappa shape index (κ1) is 31.8. The molecule has 0 aromatic heterocycles. The van der Waals surface area contributed by atoms with Gasteiger partial charge in [0, 0.05) is 30.8 Å². The van der Waals surface area contributed by atoms with E-state index in [1.54, 1.807) is 21.3 Å². The third-order valence-corrected chi connectivity index (χ3v) is 11.1. The number of rotatable bonds is 12. The summed E-state index contributed by atoms with van der Waals surface area (Å²) in [6, 6.07) is 21.5. The fourth-order valence-electron chi connectivity index (χ4n) is 5.98. The molecule has 0 radical (unpaired) electrons. The summed E-state index contributed by atoms with van der Waals surface area (Å²) in [4.78, 5) is 2.03. The van der Waals surface area contributed by atoms with Gasteiger partial charge in [-0.3, -0.25) is 4.57 Å². The molecule has 1 aliphatic carbocycles. The summed E-state index contributed by atoms with van der Waals surface area (Å²) in [5.74, 6) is 1.95. The zero-order chi connectivity index (χ0) is 30.4. The molecule has 8 heteroatoms. The van der Waals surface area contributed by atoms with E-state index >= 15 is 4.57 Å². The van der Waals surface area contributed by atoms with Gasteiger partial charge in [-0.1, -0.05) is 45.4 Å². The number of benzene rings is 3. The fraction of sp³-hybridized carbons (Fsp3) is 0.471. The molecule has 0 heterocycles. The van der Waals surface area contributed by atoms with Crippen molar-refractivity contribution in [3.63, 3.8) is 0 Å². The van der Waals surface area contributed by atoms with Gasteiger partial charge in [0.25, 0.3) is 7.37 Å². The molecule has 0 bridgehead atoms. The highest BCUT2D eigenvalue weighted by Crippen LogP contribution is 2.62. The van der Waals surface area contributed by atoms with Crippen LogP contribution < -0.4 is 29.7 Å². The van der Waals surface area contributed by atoms with Gasteiger partial charge in [0.2, 0.25) is 5.75 Å². The summed E-state index contributed by atoms with van der Waals surface area (Å²) in [7, 11) is 5.10. The van der Waals surface area contributed by atoms with Gasteiger partial charge in [-0.2, -0.15) is 0 Å². The summed E-state index contributed by atoms with van der Waals surface area (Å²) >= 11 is 0. The molecule has 1 fully saturated rings. The second-order valence-electron chi connectivity index (χ2n) is 11.8. The molecule has 4 rings (SSSR count). The lowest BCUT2D eigenvalue weighted by Gasteiger charge is -2.41. The molecule has 0 aliphatic heterocycles. The molecule has 42 heavy (non-hydrogen) atoms. The molecule has 3 aromatic rings. The van der Waals surface area contributed by atoms with Crippen LogP contribution in [0, 0.1) is 17.8 Å². The molecule has 1 aliphatic rings. The molecule has 1 N–H and O–H groups in total. The number of ether oxygens (including phenoxy) is 3. The first-order chi connectivity index (χ1) is 20.1. The lowest BCUT2D eigenvalue weighted by Crippen LogP contribution is -2.35. The normalized spacial score (nSPS) is 20.8. The monoisotopic (exact) mass is 594 g/mol. The Morgan fingerprint density at radius 1 is 0.881 bits per heavy atom. The minimum absolute atomic E-state index is 0.143. The van der Waals surface area contributed by atoms with Gasteiger partial charge < -0.3 is 29.0 Å². The molecule has 3 aromatic carbocycles. The zero-order valence-corrected chi connectivity index (χ0v) is 27.2. The van der Waals surface area contributed by atoms with E-state index in [-0.39, 0.29) is 6.10 Å². The van der Waals surface area contributed by atoms with Crippen molar-refractivity contribution < 1.29 is 23.3 Å². The SMILES string of the molecule is COc1cc([C@H](Nc2ccccc2)[P@](=O)(O[C@@H]2C[C@H](C)CC[C@@H]2C(C)C)c2ccc(N(C)C)cc2)cc(OC)c1OC. The van der Waals surface area contributed by atoms with Crippen LogP contribution in [-0.2, 0) is 9.09 Å². The van der Waals surface area contributed by atoms with Crippen LogP contribution in [0.1, 0.15) is 51.4 Å². The Labute approximate surface area is 252 Å². The van der Waals surface area contributed by atoms with Gasteiger partial charge in [0.05, 0.1) is 27.4 Å². The van der Waals surface area contributed by atoms with Gasteiger partial charge in [0.1, 0.15) is 5.78 Å². The number of nitrogens with zero attached hydrogens (tertiary/aromatic N) is 1. The van der Waals surface area contributed by atoms with E-state index in [0.29, 0.717) is 40.3 Å². The number of anilines is 2. The average Bonchev–Trinajstić information content (AvgIpc) is 2.99. The van der Waals surface area contributed by atoms with Gasteiger partial charge in [-0.15, -0.1) is 0 Å². The highest BCUT2D eigenvalue weighted by Gasteiger charge is 2.44. The molecular formula is C34H47N2O5P. The van der Waals surface area contributed by atoms with E-state index in [2.05, 4.69) is 26.1 Å². The highest BCUT2D eigenvalue weighted by molar-refractivity contribution is 7.67. The molecule has 5 atom stereocenters. The van der Waals surface area contributed by atoms with Crippen LogP contribution in [0.2, 0.25) is 0 Å². The van der Waals surface area contributed by atoms with Crippen molar-refractivity contribution in [1.29, 1.82) is 0 Å². The van der Waals surface area contributed by atoms with E-state index < -0.39 is 13.2 Å². The van der Waals surface area contributed by atoms with Gasteiger partial charge in [-0.25, -0.2) is 0 Å². The summed E-state index contributed by atoms with van der Waals surface area (Å²) < 4.78 is 40.0. The molecule has 0 amide bonds.